The van der Waals surface area contributed by atoms with E-state index in [0.717, 1.165) is 6.07 Å². The van der Waals surface area contributed by atoms with Crippen LogP contribution in [0.15, 0.2) is 18.3 Å². The Morgan fingerprint density at radius 2 is 1.83 bits per heavy atom. The number of primary amides is 1. The standard InChI is InChI=1S/C22H29F2N7O4/c1-11(2)17(12(3)27-22(33)34)29-20-15(23)9-14(18(25)32)19(30-20)28-13-8-16(24)21(26-10-13)31-4-6-35-7-5-31/h8-12,17,27H,4-7H2,1-3H3,(H2,25,32)(H,33,34)(H2,28,29,30)/t12-,17+/m0/s1. The average molecular weight is 494 g/mol. The van der Waals surface area contributed by atoms with Gasteiger partial charge in [-0.2, -0.15) is 0 Å². The predicted molar refractivity (Wildman–Crippen MR) is 126 cm³/mol. The van der Waals surface area contributed by atoms with Crippen molar-refractivity contribution in [3.8, 4) is 0 Å². The minimum absolute atomic E-state index is 0.108. The highest BCUT2D eigenvalue weighted by atomic mass is 19.1. The number of ether oxygens (including phenoxy) is 1. The van der Waals surface area contributed by atoms with Crippen LogP contribution in [0.3, 0.4) is 0 Å². The van der Waals surface area contributed by atoms with Crippen molar-refractivity contribution in [2.45, 2.75) is 32.9 Å². The van der Waals surface area contributed by atoms with E-state index in [0.29, 0.717) is 26.3 Å². The highest BCUT2D eigenvalue weighted by Crippen LogP contribution is 2.27. The Hall–Kier alpha value is -3.74. The third-order valence-electron chi connectivity index (χ3n) is 5.55. The zero-order chi connectivity index (χ0) is 25.7. The number of amides is 2. The van der Waals surface area contributed by atoms with Crippen molar-refractivity contribution in [1.29, 1.82) is 0 Å². The Labute approximate surface area is 201 Å². The summed E-state index contributed by atoms with van der Waals surface area (Å²) in [7, 11) is 0. The van der Waals surface area contributed by atoms with E-state index in [1.807, 2.05) is 13.8 Å². The van der Waals surface area contributed by atoms with E-state index in [1.54, 1.807) is 11.8 Å². The molecule has 1 aliphatic heterocycles. The van der Waals surface area contributed by atoms with Gasteiger partial charge in [-0.15, -0.1) is 0 Å². The molecule has 11 nitrogen and oxygen atoms in total. The number of halogens is 2. The molecule has 1 aliphatic rings. The van der Waals surface area contributed by atoms with Gasteiger partial charge in [0.05, 0.1) is 30.7 Å². The summed E-state index contributed by atoms with van der Waals surface area (Å²) < 4.78 is 34.9. The van der Waals surface area contributed by atoms with Crippen molar-refractivity contribution in [1.82, 2.24) is 15.3 Å². The summed E-state index contributed by atoms with van der Waals surface area (Å²) >= 11 is 0. The van der Waals surface area contributed by atoms with Crippen LogP contribution in [0, 0.1) is 17.6 Å². The molecule has 0 aliphatic carbocycles. The fourth-order valence-corrected chi connectivity index (χ4v) is 3.83. The highest BCUT2D eigenvalue weighted by molar-refractivity contribution is 5.98. The number of morpholine rings is 1. The number of nitrogens with two attached hydrogens (primary N) is 1. The molecule has 2 amide bonds. The summed E-state index contributed by atoms with van der Waals surface area (Å²) in [6, 6.07) is 0.981. The van der Waals surface area contributed by atoms with Crippen LogP contribution in [0.2, 0.25) is 0 Å². The monoisotopic (exact) mass is 493 g/mol. The smallest absolute Gasteiger partial charge is 0.404 e. The molecule has 6 N–H and O–H groups in total. The van der Waals surface area contributed by atoms with E-state index in [9.17, 15) is 18.4 Å². The molecule has 0 bridgehead atoms. The van der Waals surface area contributed by atoms with Crippen molar-refractivity contribution in [2.24, 2.45) is 11.7 Å². The molecule has 13 heteroatoms. The first-order valence-corrected chi connectivity index (χ1v) is 11.1. The van der Waals surface area contributed by atoms with E-state index >= 15 is 0 Å². The largest absolute Gasteiger partial charge is 0.465 e. The van der Waals surface area contributed by atoms with Crippen molar-refractivity contribution in [3.63, 3.8) is 0 Å². The van der Waals surface area contributed by atoms with E-state index in [2.05, 4.69) is 25.9 Å². The number of aromatic nitrogens is 2. The number of pyridine rings is 2. The van der Waals surface area contributed by atoms with Gasteiger partial charge in [0, 0.05) is 31.2 Å². The fraction of sp³-hybridized carbons (Fsp3) is 0.455. The molecule has 3 rings (SSSR count). The Morgan fingerprint density at radius 1 is 1.14 bits per heavy atom. The number of carboxylic acid groups (broad SMARTS) is 1. The summed E-state index contributed by atoms with van der Waals surface area (Å²) in [5.74, 6) is -2.67. The van der Waals surface area contributed by atoms with Gasteiger partial charge >= 0.3 is 6.09 Å². The zero-order valence-electron chi connectivity index (χ0n) is 19.6. The molecule has 0 unspecified atom stereocenters. The van der Waals surface area contributed by atoms with Gasteiger partial charge in [-0.25, -0.2) is 23.5 Å². The molecule has 0 saturated carbocycles. The van der Waals surface area contributed by atoms with Gasteiger partial charge in [0.25, 0.3) is 5.91 Å². The second-order valence-electron chi connectivity index (χ2n) is 8.49. The average Bonchev–Trinajstić information content (AvgIpc) is 2.78. The maximum atomic E-state index is 14.8. The van der Waals surface area contributed by atoms with Crippen LogP contribution < -0.4 is 26.6 Å². The molecule has 0 radical (unpaired) electrons. The lowest BCUT2D eigenvalue weighted by Gasteiger charge is -2.29. The number of rotatable bonds is 9. The van der Waals surface area contributed by atoms with Crippen LogP contribution in [0.4, 0.5) is 36.7 Å². The first kappa shape index (κ1) is 25.9. The molecule has 0 spiro atoms. The Kier molecular flexibility index (Phi) is 8.22. The van der Waals surface area contributed by atoms with Crippen molar-refractivity contribution >= 4 is 35.1 Å². The van der Waals surface area contributed by atoms with Gasteiger partial charge < -0.3 is 36.4 Å². The van der Waals surface area contributed by atoms with Crippen LogP contribution in [0.5, 0.6) is 0 Å². The van der Waals surface area contributed by atoms with Crippen molar-refractivity contribution < 1.29 is 28.2 Å². The van der Waals surface area contributed by atoms with E-state index < -0.39 is 35.7 Å². The van der Waals surface area contributed by atoms with Gasteiger partial charge in [-0.3, -0.25) is 4.79 Å². The molecule has 0 aromatic carbocycles. The normalized spacial score (nSPS) is 15.4. The Bertz CT molecular complexity index is 1080. The second kappa shape index (κ2) is 11.1. The van der Waals surface area contributed by atoms with Gasteiger partial charge in [0.15, 0.2) is 23.3 Å². The lowest BCUT2D eigenvalue weighted by atomic mass is 9.97. The highest BCUT2D eigenvalue weighted by Gasteiger charge is 2.25. The summed E-state index contributed by atoms with van der Waals surface area (Å²) in [6.07, 6.45) is 0.145. The summed E-state index contributed by atoms with van der Waals surface area (Å²) in [6.45, 7) is 7.23. The van der Waals surface area contributed by atoms with Crippen LogP contribution in [0.25, 0.3) is 0 Å². The number of carbonyl (C=O) groups is 2. The van der Waals surface area contributed by atoms with E-state index in [4.69, 9.17) is 15.6 Å². The molecule has 190 valence electrons. The quantitative estimate of drug-likeness (QED) is 0.354. The molecule has 1 fully saturated rings. The zero-order valence-corrected chi connectivity index (χ0v) is 19.6. The number of anilines is 4. The lowest BCUT2D eigenvalue weighted by Crippen LogP contribution is -2.47. The number of nitrogens with one attached hydrogen (secondary N) is 3. The number of hydrogen-bond acceptors (Lipinski definition) is 8. The SMILES string of the molecule is CC(C)[C@@H](Nc1nc(Nc2cnc(N3CCOCC3)c(F)c2)c(C(N)=O)cc1F)[C@H](C)NC(=O)O. The lowest BCUT2D eigenvalue weighted by molar-refractivity contribution is 0.1000. The first-order valence-electron chi connectivity index (χ1n) is 11.1. The van der Waals surface area contributed by atoms with Gasteiger partial charge in [-0.05, 0) is 18.9 Å². The summed E-state index contributed by atoms with van der Waals surface area (Å²) in [5, 5.41) is 17.0. The molecular weight excluding hydrogens is 464 g/mol. The molecule has 2 atom stereocenters. The van der Waals surface area contributed by atoms with Gasteiger partial charge in [0.2, 0.25) is 0 Å². The maximum absolute atomic E-state index is 14.8. The van der Waals surface area contributed by atoms with Gasteiger partial charge in [-0.1, -0.05) is 13.8 Å². The van der Waals surface area contributed by atoms with Crippen molar-refractivity contribution in [2.75, 3.05) is 41.8 Å². The van der Waals surface area contributed by atoms with Crippen LogP contribution >= 0.6 is 0 Å². The van der Waals surface area contributed by atoms with E-state index in [-0.39, 0.29) is 34.6 Å². The summed E-state index contributed by atoms with van der Waals surface area (Å²) in [5.41, 5.74) is 5.33. The van der Waals surface area contributed by atoms with Crippen LogP contribution in [-0.4, -0.2) is 65.5 Å². The molecule has 2 aromatic heterocycles. The molecule has 2 aromatic rings. The van der Waals surface area contributed by atoms with E-state index in [1.165, 1.54) is 12.3 Å². The Morgan fingerprint density at radius 3 is 2.40 bits per heavy atom. The molecule has 35 heavy (non-hydrogen) atoms. The number of carbonyl (C=O) groups excluding carboxylic acids is 1. The van der Waals surface area contributed by atoms with Gasteiger partial charge in [0.1, 0.15) is 5.82 Å². The third-order valence-corrected chi connectivity index (χ3v) is 5.55. The van der Waals surface area contributed by atoms with Crippen molar-refractivity contribution in [3.05, 3.63) is 35.5 Å². The minimum Gasteiger partial charge on any atom is -0.465 e. The minimum atomic E-state index is -1.22. The number of hydrogen-bond donors (Lipinski definition) is 5. The summed E-state index contributed by atoms with van der Waals surface area (Å²) in [4.78, 5) is 33.1. The first-order chi connectivity index (χ1) is 16.6. The topological polar surface area (TPSA) is 155 Å². The Balaban J connectivity index is 1.90. The second-order valence-corrected chi connectivity index (χ2v) is 8.49. The van der Waals surface area contributed by atoms with Crippen LogP contribution in [0.1, 0.15) is 31.1 Å². The molecule has 1 saturated heterocycles. The number of nitrogens with zero attached hydrogens (tertiary/aromatic N) is 3. The van der Waals surface area contributed by atoms with Crippen LogP contribution in [-0.2, 0) is 4.74 Å². The molecular formula is C22H29F2N7O4. The fourth-order valence-electron chi connectivity index (χ4n) is 3.83. The predicted octanol–water partition coefficient (Wildman–Crippen LogP) is 2.53. The molecule has 3 heterocycles. The maximum Gasteiger partial charge on any atom is 0.404 e. The third kappa shape index (κ3) is 6.44.